The molecule has 0 bridgehead atoms. The molecule has 0 saturated carbocycles. The van der Waals surface area contributed by atoms with Crippen molar-refractivity contribution in [1.82, 2.24) is 5.32 Å². The van der Waals surface area contributed by atoms with Gasteiger partial charge in [0.2, 0.25) is 5.91 Å². The first-order valence-corrected chi connectivity index (χ1v) is 6.48. The van der Waals surface area contributed by atoms with Crippen molar-refractivity contribution < 1.29 is 4.79 Å². The van der Waals surface area contributed by atoms with E-state index in [4.69, 9.17) is 0 Å². The number of rotatable bonds is 4. The Morgan fingerprint density at radius 2 is 1.89 bits per heavy atom. The van der Waals surface area contributed by atoms with E-state index in [9.17, 15) is 4.79 Å². The fraction of sp³-hybridized carbons (Fsp3) is 0.312. The topological polar surface area (TPSA) is 29.1 Å². The Morgan fingerprint density at radius 1 is 1.17 bits per heavy atom. The van der Waals surface area contributed by atoms with E-state index in [-0.39, 0.29) is 11.9 Å². The maximum Gasteiger partial charge on any atom is 0.220 e. The molecule has 1 atom stereocenters. The van der Waals surface area contributed by atoms with Gasteiger partial charge in [-0.3, -0.25) is 4.79 Å². The SMILES string of the molecule is CCCC(=O)NC(C)c1ccc2ccccc2c1. The van der Waals surface area contributed by atoms with E-state index in [2.05, 4.69) is 35.6 Å². The molecule has 94 valence electrons. The Bertz CT molecular complexity index is 548. The number of fused-ring (bicyclic) bond motifs is 1. The lowest BCUT2D eigenvalue weighted by atomic mass is 10.0. The van der Waals surface area contributed by atoms with Crippen molar-refractivity contribution in [1.29, 1.82) is 0 Å². The Kier molecular flexibility index (Phi) is 3.98. The van der Waals surface area contributed by atoms with Gasteiger partial charge >= 0.3 is 0 Å². The summed E-state index contributed by atoms with van der Waals surface area (Å²) >= 11 is 0. The first-order valence-electron chi connectivity index (χ1n) is 6.48. The summed E-state index contributed by atoms with van der Waals surface area (Å²) in [6, 6.07) is 14.7. The van der Waals surface area contributed by atoms with Crippen LogP contribution in [-0.2, 0) is 4.79 Å². The van der Waals surface area contributed by atoms with Gasteiger partial charge in [0.25, 0.3) is 0 Å². The number of benzene rings is 2. The molecule has 0 spiro atoms. The standard InChI is InChI=1S/C16H19NO/c1-3-6-16(18)17-12(2)14-10-9-13-7-4-5-8-15(13)11-14/h4-5,7-12H,3,6H2,1-2H3,(H,17,18). The van der Waals surface area contributed by atoms with Crippen LogP contribution in [0.1, 0.15) is 38.3 Å². The Balaban J connectivity index is 2.17. The predicted molar refractivity (Wildman–Crippen MR) is 75.4 cm³/mol. The van der Waals surface area contributed by atoms with Gasteiger partial charge in [0.15, 0.2) is 0 Å². The molecule has 1 unspecified atom stereocenters. The highest BCUT2D eigenvalue weighted by Crippen LogP contribution is 2.20. The molecule has 2 heteroatoms. The lowest BCUT2D eigenvalue weighted by Crippen LogP contribution is -2.26. The number of amides is 1. The van der Waals surface area contributed by atoms with Crippen molar-refractivity contribution >= 4 is 16.7 Å². The molecule has 0 radical (unpaired) electrons. The minimum atomic E-state index is 0.0636. The largest absolute Gasteiger partial charge is 0.350 e. The molecule has 18 heavy (non-hydrogen) atoms. The van der Waals surface area contributed by atoms with Gasteiger partial charge in [0.05, 0.1) is 6.04 Å². The summed E-state index contributed by atoms with van der Waals surface area (Å²) in [6.07, 6.45) is 1.48. The third-order valence-electron chi connectivity index (χ3n) is 3.13. The highest BCUT2D eigenvalue weighted by Gasteiger charge is 2.08. The molecule has 1 amide bonds. The van der Waals surface area contributed by atoms with Gasteiger partial charge in [-0.25, -0.2) is 0 Å². The van der Waals surface area contributed by atoms with Crippen molar-refractivity contribution in [2.75, 3.05) is 0 Å². The maximum atomic E-state index is 11.6. The molecule has 2 nitrogen and oxygen atoms in total. The van der Waals surface area contributed by atoms with Gasteiger partial charge in [-0.1, -0.05) is 43.3 Å². The molecule has 0 aromatic heterocycles. The summed E-state index contributed by atoms with van der Waals surface area (Å²) in [7, 11) is 0. The third kappa shape index (κ3) is 2.89. The minimum absolute atomic E-state index is 0.0636. The molecular weight excluding hydrogens is 222 g/mol. The molecule has 2 aromatic rings. The number of nitrogens with one attached hydrogen (secondary N) is 1. The summed E-state index contributed by atoms with van der Waals surface area (Å²) in [4.78, 5) is 11.6. The first kappa shape index (κ1) is 12.6. The predicted octanol–water partition coefficient (Wildman–Crippen LogP) is 3.82. The Morgan fingerprint density at radius 3 is 2.61 bits per heavy atom. The lowest BCUT2D eigenvalue weighted by Gasteiger charge is -2.14. The van der Waals surface area contributed by atoms with Crippen LogP contribution < -0.4 is 5.32 Å². The monoisotopic (exact) mass is 241 g/mol. The average Bonchev–Trinajstić information content (AvgIpc) is 2.38. The van der Waals surface area contributed by atoms with Gasteiger partial charge in [0, 0.05) is 6.42 Å². The fourth-order valence-electron chi connectivity index (χ4n) is 2.10. The van der Waals surface area contributed by atoms with Crippen molar-refractivity contribution in [3.63, 3.8) is 0 Å². The van der Waals surface area contributed by atoms with Gasteiger partial charge < -0.3 is 5.32 Å². The van der Waals surface area contributed by atoms with Crippen LogP contribution in [-0.4, -0.2) is 5.91 Å². The number of hydrogen-bond acceptors (Lipinski definition) is 1. The number of carbonyl (C=O) groups is 1. The Hall–Kier alpha value is -1.83. The van der Waals surface area contributed by atoms with E-state index in [1.165, 1.54) is 10.8 Å². The van der Waals surface area contributed by atoms with Gasteiger partial charge in [0.1, 0.15) is 0 Å². The second kappa shape index (κ2) is 5.67. The molecule has 0 aliphatic carbocycles. The third-order valence-corrected chi connectivity index (χ3v) is 3.13. The van der Waals surface area contributed by atoms with Crippen LogP contribution in [0.2, 0.25) is 0 Å². The molecule has 0 heterocycles. The van der Waals surface area contributed by atoms with Gasteiger partial charge in [-0.05, 0) is 35.7 Å². The number of hydrogen-bond donors (Lipinski definition) is 1. The lowest BCUT2D eigenvalue weighted by molar-refractivity contribution is -0.121. The van der Waals surface area contributed by atoms with Crippen LogP contribution in [0.3, 0.4) is 0 Å². The highest BCUT2D eigenvalue weighted by atomic mass is 16.1. The summed E-state index contributed by atoms with van der Waals surface area (Å²) in [6.45, 7) is 4.04. The van der Waals surface area contributed by atoms with E-state index < -0.39 is 0 Å². The van der Waals surface area contributed by atoms with E-state index >= 15 is 0 Å². The van der Waals surface area contributed by atoms with Crippen LogP contribution in [0.25, 0.3) is 10.8 Å². The summed E-state index contributed by atoms with van der Waals surface area (Å²) < 4.78 is 0. The van der Waals surface area contributed by atoms with Crippen molar-refractivity contribution in [3.05, 3.63) is 48.0 Å². The molecule has 2 aromatic carbocycles. The van der Waals surface area contributed by atoms with E-state index in [1.54, 1.807) is 0 Å². The van der Waals surface area contributed by atoms with E-state index in [1.807, 2.05) is 26.0 Å². The molecular formula is C16H19NO. The van der Waals surface area contributed by atoms with Crippen LogP contribution in [0.4, 0.5) is 0 Å². The average molecular weight is 241 g/mol. The second-order valence-corrected chi connectivity index (χ2v) is 4.65. The smallest absolute Gasteiger partial charge is 0.220 e. The first-order chi connectivity index (χ1) is 8.70. The second-order valence-electron chi connectivity index (χ2n) is 4.65. The quantitative estimate of drug-likeness (QED) is 0.866. The van der Waals surface area contributed by atoms with Crippen molar-refractivity contribution in [2.45, 2.75) is 32.7 Å². The summed E-state index contributed by atoms with van der Waals surface area (Å²) in [5, 5.41) is 5.47. The van der Waals surface area contributed by atoms with Crippen LogP contribution >= 0.6 is 0 Å². The zero-order chi connectivity index (χ0) is 13.0. The van der Waals surface area contributed by atoms with Gasteiger partial charge in [-0.2, -0.15) is 0 Å². The summed E-state index contributed by atoms with van der Waals surface area (Å²) in [5.74, 6) is 0.123. The minimum Gasteiger partial charge on any atom is -0.350 e. The molecule has 0 aliphatic heterocycles. The molecule has 2 rings (SSSR count). The van der Waals surface area contributed by atoms with E-state index in [0.29, 0.717) is 6.42 Å². The van der Waals surface area contributed by atoms with Crippen LogP contribution in [0.5, 0.6) is 0 Å². The maximum absolute atomic E-state index is 11.6. The van der Waals surface area contributed by atoms with Crippen LogP contribution in [0, 0.1) is 0 Å². The Labute approximate surface area is 108 Å². The highest BCUT2D eigenvalue weighted by molar-refractivity contribution is 5.83. The fourth-order valence-corrected chi connectivity index (χ4v) is 2.10. The summed E-state index contributed by atoms with van der Waals surface area (Å²) in [5.41, 5.74) is 1.15. The van der Waals surface area contributed by atoms with Crippen molar-refractivity contribution in [3.8, 4) is 0 Å². The van der Waals surface area contributed by atoms with Crippen molar-refractivity contribution in [2.24, 2.45) is 0 Å². The normalized spacial score (nSPS) is 12.3. The molecule has 1 N–H and O–H groups in total. The van der Waals surface area contributed by atoms with Gasteiger partial charge in [-0.15, -0.1) is 0 Å². The number of carbonyl (C=O) groups excluding carboxylic acids is 1. The molecule has 0 fully saturated rings. The van der Waals surface area contributed by atoms with Crippen LogP contribution in [0.15, 0.2) is 42.5 Å². The zero-order valence-electron chi connectivity index (χ0n) is 10.9. The molecule has 0 saturated heterocycles. The zero-order valence-corrected chi connectivity index (χ0v) is 10.9. The van der Waals surface area contributed by atoms with E-state index in [0.717, 1.165) is 12.0 Å². The molecule has 0 aliphatic rings.